The molecule has 1 rings (SSSR count). The number of allylic oxidation sites excluding steroid dienone is 6. The molecule has 0 spiro atoms. The van der Waals surface area contributed by atoms with Crippen LogP contribution in [0.25, 0.3) is 0 Å². The minimum Gasteiger partial charge on any atom is -0.383 e. The molecule has 0 aliphatic rings. The van der Waals surface area contributed by atoms with Gasteiger partial charge in [-0.05, 0) is 19.1 Å². The second-order valence-electron chi connectivity index (χ2n) is 3.82. The Morgan fingerprint density at radius 1 is 1.25 bits per heavy atom. The summed E-state index contributed by atoms with van der Waals surface area (Å²) >= 11 is 5.84. The number of benzene rings is 1. The fourth-order valence-corrected chi connectivity index (χ4v) is 1.38. The van der Waals surface area contributed by atoms with Crippen LogP contribution in [0.4, 0.5) is 0 Å². The van der Waals surface area contributed by atoms with Crippen molar-refractivity contribution < 1.29 is 0 Å². The highest BCUT2D eigenvalue weighted by Crippen LogP contribution is 2.13. The van der Waals surface area contributed by atoms with Crippen LogP contribution >= 0.6 is 11.6 Å². The SMILES string of the molecule is C=C/C=C\C=C(/C)C=C.CN=C(N)c1ccccc1Cl. The van der Waals surface area contributed by atoms with Crippen molar-refractivity contribution in [3.05, 3.63) is 84.0 Å². The number of hydrogen-bond donors (Lipinski definition) is 1. The van der Waals surface area contributed by atoms with Crippen LogP contribution in [0.2, 0.25) is 5.02 Å². The molecule has 106 valence electrons. The van der Waals surface area contributed by atoms with Crippen molar-refractivity contribution in [3.8, 4) is 0 Å². The largest absolute Gasteiger partial charge is 0.383 e. The third-order valence-corrected chi connectivity index (χ3v) is 2.65. The fraction of sp³-hybridized carbons (Fsp3) is 0.118. The zero-order valence-electron chi connectivity index (χ0n) is 12.0. The van der Waals surface area contributed by atoms with Gasteiger partial charge < -0.3 is 5.73 Å². The van der Waals surface area contributed by atoms with Gasteiger partial charge in [0.2, 0.25) is 0 Å². The lowest BCUT2D eigenvalue weighted by atomic mass is 10.2. The molecule has 0 heterocycles. The van der Waals surface area contributed by atoms with Gasteiger partial charge >= 0.3 is 0 Å². The van der Waals surface area contributed by atoms with Crippen molar-refractivity contribution in [2.45, 2.75) is 6.92 Å². The highest BCUT2D eigenvalue weighted by molar-refractivity contribution is 6.34. The average molecular weight is 289 g/mol. The second-order valence-corrected chi connectivity index (χ2v) is 4.23. The number of rotatable bonds is 4. The minimum atomic E-state index is 0.468. The zero-order chi connectivity index (χ0) is 15.4. The van der Waals surface area contributed by atoms with Gasteiger partial charge in [-0.3, -0.25) is 4.99 Å². The molecule has 0 bridgehead atoms. The van der Waals surface area contributed by atoms with Crippen LogP contribution < -0.4 is 5.73 Å². The van der Waals surface area contributed by atoms with Gasteiger partial charge in [0.15, 0.2) is 0 Å². The smallest absolute Gasteiger partial charge is 0.126 e. The Labute approximate surface area is 126 Å². The Bertz CT molecular complexity index is 526. The van der Waals surface area contributed by atoms with Crippen molar-refractivity contribution in [1.29, 1.82) is 0 Å². The molecular formula is C17H21ClN2. The summed E-state index contributed by atoms with van der Waals surface area (Å²) in [4.78, 5) is 3.83. The topological polar surface area (TPSA) is 38.4 Å². The van der Waals surface area contributed by atoms with Gasteiger partial charge in [0, 0.05) is 12.6 Å². The molecule has 0 fully saturated rings. The molecule has 0 saturated heterocycles. The summed E-state index contributed by atoms with van der Waals surface area (Å²) in [6.07, 6.45) is 9.35. The molecule has 0 aliphatic carbocycles. The lowest BCUT2D eigenvalue weighted by Gasteiger charge is -2.00. The number of aliphatic imine (C=N–C) groups is 1. The van der Waals surface area contributed by atoms with Crippen molar-refractivity contribution in [1.82, 2.24) is 0 Å². The number of nitrogens with zero attached hydrogens (tertiary/aromatic N) is 1. The summed E-state index contributed by atoms with van der Waals surface area (Å²) in [5, 5.41) is 0.635. The molecule has 0 saturated carbocycles. The third kappa shape index (κ3) is 7.39. The number of nitrogens with two attached hydrogens (primary N) is 1. The summed E-state index contributed by atoms with van der Waals surface area (Å²) in [6.45, 7) is 9.15. The predicted octanol–water partition coefficient (Wildman–Crippen LogP) is 4.54. The Balaban J connectivity index is 0.000000370. The van der Waals surface area contributed by atoms with Crippen LogP contribution in [0.15, 0.2) is 78.4 Å². The highest BCUT2D eigenvalue weighted by atomic mass is 35.5. The van der Waals surface area contributed by atoms with Crippen molar-refractivity contribution in [3.63, 3.8) is 0 Å². The van der Waals surface area contributed by atoms with Gasteiger partial charge in [0.1, 0.15) is 5.84 Å². The molecule has 2 N–H and O–H groups in total. The van der Waals surface area contributed by atoms with Crippen LogP contribution in [0, 0.1) is 0 Å². The molecule has 20 heavy (non-hydrogen) atoms. The van der Waals surface area contributed by atoms with E-state index >= 15 is 0 Å². The van der Waals surface area contributed by atoms with Gasteiger partial charge in [-0.15, -0.1) is 0 Å². The normalized spacial score (nSPS) is 11.8. The quantitative estimate of drug-likeness (QED) is 0.493. The lowest BCUT2D eigenvalue weighted by molar-refractivity contribution is 1.39. The molecule has 0 amide bonds. The van der Waals surface area contributed by atoms with Crippen molar-refractivity contribution in [2.75, 3.05) is 7.05 Å². The maximum atomic E-state index is 5.84. The lowest BCUT2D eigenvalue weighted by Crippen LogP contribution is -2.13. The van der Waals surface area contributed by atoms with Gasteiger partial charge in [0.25, 0.3) is 0 Å². The van der Waals surface area contributed by atoms with E-state index in [1.165, 1.54) is 0 Å². The van der Waals surface area contributed by atoms with E-state index in [9.17, 15) is 0 Å². The molecule has 0 atom stereocenters. The van der Waals surface area contributed by atoms with E-state index in [4.69, 9.17) is 17.3 Å². The molecule has 1 aromatic rings. The van der Waals surface area contributed by atoms with E-state index in [0.29, 0.717) is 10.9 Å². The first-order valence-corrected chi connectivity index (χ1v) is 6.50. The first-order valence-electron chi connectivity index (χ1n) is 6.12. The molecule has 3 heteroatoms. The summed E-state index contributed by atoms with van der Waals surface area (Å²) in [5.74, 6) is 0.468. The number of hydrogen-bond acceptors (Lipinski definition) is 1. The highest BCUT2D eigenvalue weighted by Gasteiger charge is 2.00. The summed E-state index contributed by atoms with van der Waals surface area (Å²) in [6, 6.07) is 7.35. The summed E-state index contributed by atoms with van der Waals surface area (Å²) in [7, 11) is 1.64. The summed E-state index contributed by atoms with van der Waals surface area (Å²) in [5.41, 5.74) is 7.51. The van der Waals surface area contributed by atoms with Crippen molar-refractivity contribution >= 4 is 17.4 Å². The van der Waals surface area contributed by atoms with E-state index in [2.05, 4.69) is 18.2 Å². The van der Waals surface area contributed by atoms with Crippen LogP contribution in [0.3, 0.4) is 0 Å². The Hall–Kier alpha value is -2.06. The molecular weight excluding hydrogens is 268 g/mol. The molecule has 0 unspecified atom stereocenters. The monoisotopic (exact) mass is 288 g/mol. The van der Waals surface area contributed by atoms with Gasteiger partial charge in [-0.1, -0.05) is 72.8 Å². The Morgan fingerprint density at radius 3 is 2.40 bits per heavy atom. The van der Waals surface area contributed by atoms with Crippen LogP contribution in [-0.2, 0) is 0 Å². The Kier molecular flexibility index (Phi) is 9.71. The molecule has 0 aliphatic heterocycles. The van der Waals surface area contributed by atoms with E-state index in [1.54, 1.807) is 19.2 Å². The van der Waals surface area contributed by atoms with Gasteiger partial charge in [-0.25, -0.2) is 0 Å². The summed E-state index contributed by atoms with van der Waals surface area (Å²) < 4.78 is 0. The first kappa shape index (κ1) is 17.9. The molecule has 0 radical (unpaired) electrons. The number of amidine groups is 1. The zero-order valence-corrected chi connectivity index (χ0v) is 12.8. The van der Waals surface area contributed by atoms with E-state index in [1.807, 2.05) is 49.4 Å². The van der Waals surface area contributed by atoms with Crippen molar-refractivity contribution in [2.24, 2.45) is 10.7 Å². The van der Waals surface area contributed by atoms with Crippen LogP contribution in [0.1, 0.15) is 12.5 Å². The predicted molar refractivity (Wildman–Crippen MR) is 91.4 cm³/mol. The van der Waals surface area contributed by atoms with E-state index < -0.39 is 0 Å². The van der Waals surface area contributed by atoms with Crippen LogP contribution in [-0.4, -0.2) is 12.9 Å². The molecule has 1 aromatic carbocycles. The third-order valence-electron chi connectivity index (χ3n) is 2.32. The van der Waals surface area contributed by atoms with E-state index in [-0.39, 0.29) is 0 Å². The minimum absolute atomic E-state index is 0.468. The van der Waals surface area contributed by atoms with Gasteiger partial charge in [0.05, 0.1) is 5.02 Å². The fourth-order valence-electron chi connectivity index (χ4n) is 1.14. The maximum absolute atomic E-state index is 5.84. The first-order chi connectivity index (χ1) is 9.56. The van der Waals surface area contributed by atoms with Gasteiger partial charge in [-0.2, -0.15) is 0 Å². The molecule has 0 aromatic heterocycles. The number of halogens is 1. The average Bonchev–Trinajstić information content (AvgIpc) is 2.47. The Morgan fingerprint density at radius 2 is 1.90 bits per heavy atom. The maximum Gasteiger partial charge on any atom is 0.126 e. The second kappa shape index (κ2) is 10.8. The standard InChI is InChI=1S/C9H12.C8H9ClN2/c1-4-6-7-8-9(3)5-2;1-11-8(10)6-4-2-3-5-7(6)9/h4-8H,1-2H2,3H3;2-5H,1H3,(H2,10,11)/b7-6-,9-8+;. The van der Waals surface area contributed by atoms with E-state index in [0.717, 1.165) is 11.1 Å². The van der Waals surface area contributed by atoms with Crippen LogP contribution in [0.5, 0.6) is 0 Å². The molecule has 2 nitrogen and oxygen atoms in total.